The zero-order valence-electron chi connectivity index (χ0n) is 13.6. The minimum Gasteiger partial charge on any atom is -0.506 e. The number of pyridine rings is 1. The molecule has 3 aromatic rings. The van der Waals surface area contributed by atoms with Crippen LogP contribution in [0.25, 0.3) is 11.4 Å². The lowest BCUT2D eigenvalue weighted by Gasteiger charge is -2.08. The molecule has 0 bridgehead atoms. The third-order valence-corrected chi connectivity index (χ3v) is 4.45. The van der Waals surface area contributed by atoms with Crippen LogP contribution in [-0.4, -0.2) is 36.5 Å². The summed E-state index contributed by atoms with van der Waals surface area (Å²) in [4.78, 5) is 16.1. The first-order chi connectivity index (χ1) is 12.2. The van der Waals surface area contributed by atoms with Crippen LogP contribution in [0.3, 0.4) is 0 Å². The van der Waals surface area contributed by atoms with Crippen molar-refractivity contribution in [3.8, 4) is 17.1 Å². The normalized spacial score (nSPS) is 10.6. The van der Waals surface area contributed by atoms with Gasteiger partial charge in [-0.15, -0.1) is 10.2 Å². The molecule has 2 heterocycles. The Labute approximate surface area is 149 Å². The molecule has 3 rings (SSSR count). The first-order valence-corrected chi connectivity index (χ1v) is 8.72. The molecule has 0 aliphatic carbocycles. The van der Waals surface area contributed by atoms with Gasteiger partial charge in [-0.3, -0.25) is 9.78 Å². The van der Waals surface area contributed by atoms with E-state index in [1.807, 2.05) is 23.6 Å². The monoisotopic (exact) mass is 355 g/mol. The molecule has 8 heteroatoms. The maximum atomic E-state index is 12.1. The van der Waals surface area contributed by atoms with Crippen molar-refractivity contribution < 1.29 is 9.90 Å². The van der Waals surface area contributed by atoms with Crippen LogP contribution in [0.5, 0.6) is 5.75 Å². The minimum absolute atomic E-state index is 0.0394. The molecule has 2 aromatic heterocycles. The lowest BCUT2D eigenvalue weighted by molar-refractivity contribution is -0.113. The second-order valence-electron chi connectivity index (χ2n) is 5.14. The van der Waals surface area contributed by atoms with Crippen molar-refractivity contribution in [2.45, 2.75) is 18.6 Å². The summed E-state index contributed by atoms with van der Waals surface area (Å²) >= 11 is 1.30. The van der Waals surface area contributed by atoms with Gasteiger partial charge in [-0.2, -0.15) is 0 Å². The van der Waals surface area contributed by atoms with E-state index >= 15 is 0 Å². The number of carbonyl (C=O) groups excluding carboxylic acids is 1. The number of anilines is 1. The number of hydrogen-bond donors (Lipinski definition) is 2. The number of phenols is 1. The molecule has 128 valence electrons. The average Bonchev–Trinajstić information content (AvgIpc) is 3.05. The minimum atomic E-state index is -0.220. The van der Waals surface area contributed by atoms with Gasteiger partial charge in [0.1, 0.15) is 5.75 Å². The van der Waals surface area contributed by atoms with Gasteiger partial charge in [0.2, 0.25) is 5.91 Å². The first kappa shape index (κ1) is 17.0. The quantitative estimate of drug-likeness (QED) is 0.522. The zero-order valence-corrected chi connectivity index (χ0v) is 14.4. The summed E-state index contributed by atoms with van der Waals surface area (Å²) in [5.41, 5.74) is 1.32. The third-order valence-electron chi connectivity index (χ3n) is 3.48. The maximum Gasteiger partial charge on any atom is 0.234 e. The molecule has 0 fully saturated rings. The molecular formula is C17H17N5O2S. The average molecular weight is 355 g/mol. The molecule has 0 atom stereocenters. The van der Waals surface area contributed by atoms with Gasteiger partial charge in [-0.1, -0.05) is 23.9 Å². The largest absolute Gasteiger partial charge is 0.506 e. The Bertz CT molecular complexity index is 866. The molecule has 1 aromatic carbocycles. The van der Waals surface area contributed by atoms with E-state index in [0.717, 1.165) is 11.4 Å². The van der Waals surface area contributed by atoms with Crippen LogP contribution >= 0.6 is 11.8 Å². The summed E-state index contributed by atoms with van der Waals surface area (Å²) in [6.07, 6.45) is 3.41. The molecule has 1 amide bonds. The highest BCUT2D eigenvalue weighted by molar-refractivity contribution is 7.99. The van der Waals surface area contributed by atoms with Crippen LogP contribution < -0.4 is 5.32 Å². The van der Waals surface area contributed by atoms with Crippen LogP contribution in [0.4, 0.5) is 5.69 Å². The first-order valence-electron chi connectivity index (χ1n) is 7.73. The Morgan fingerprint density at radius 1 is 1.20 bits per heavy atom. The van der Waals surface area contributed by atoms with Gasteiger partial charge < -0.3 is 15.0 Å². The molecule has 0 unspecified atom stereocenters. The second-order valence-corrected chi connectivity index (χ2v) is 6.08. The van der Waals surface area contributed by atoms with Crippen LogP contribution in [-0.2, 0) is 11.3 Å². The van der Waals surface area contributed by atoms with Crippen LogP contribution in [0.15, 0.2) is 53.9 Å². The number of phenolic OH excluding ortho intramolecular Hbond substituents is 1. The molecule has 7 nitrogen and oxygen atoms in total. The van der Waals surface area contributed by atoms with Crippen molar-refractivity contribution in [2.24, 2.45) is 0 Å². The molecule has 0 spiro atoms. The summed E-state index contributed by atoms with van der Waals surface area (Å²) in [5.74, 6) is 0.733. The molecule has 25 heavy (non-hydrogen) atoms. The van der Waals surface area contributed by atoms with Gasteiger partial charge in [0, 0.05) is 24.5 Å². The number of carbonyl (C=O) groups is 1. The standard InChI is InChI=1S/C17H17N5O2S/c1-2-22-16(12-7-9-18-10-8-12)20-21-17(22)25-11-15(24)19-13-5-3-4-6-14(13)23/h3-10,23H,2,11H2,1H3,(H,19,24). The number of hydrogen-bond acceptors (Lipinski definition) is 6. The van der Waals surface area contributed by atoms with E-state index in [4.69, 9.17) is 0 Å². The van der Waals surface area contributed by atoms with E-state index in [-0.39, 0.29) is 17.4 Å². The molecule has 0 saturated heterocycles. The number of nitrogens with one attached hydrogen (secondary N) is 1. The van der Waals surface area contributed by atoms with Crippen molar-refractivity contribution in [1.82, 2.24) is 19.7 Å². The number of aromatic nitrogens is 4. The van der Waals surface area contributed by atoms with Crippen molar-refractivity contribution >= 4 is 23.4 Å². The van der Waals surface area contributed by atoms with Crippen molar-refractivity contribution in [1.29, 1.82) is 0 Å². The highest BCUT2D eigenvalue weighted by atomic mass is 32.2. The number of thioether (sulfide) groups is 1. The zero-order chi connectivity index (χ0) is 17.6. The number of benzene rings is 1. The summed E-state index contributed by atoms with van der Waals surface area (Å²) in [6.45, 7) is 2.69. The molecule has 0 saturated carbocycles. The Kier molecular flexibility index (Phi) is 5.30. The summed E-state index contributed by atoms with van der Waals surface area (Å²) in [6, 6.07) is 10.4. The number of para-hydroxylation sites is 2. The number of aromatic hydroxyl groups is 1. The summed E-state index contributed by atoms with van der Waals surface area (Å²) < 4.78 is 1.95. The van der Waals surface area contributed by atoms with E-state index in [9.17, 15) is 9.90 Å². The van der Waals surface area contributed by atoms with Gasteiger partial charge in [0.15, 0.2) is 11.0 Å². The highest BCUT2D eigenvalue weighted by Gasteiger charge is 2.15. The lowest BCUT2D eigenvalue weighted by Crippen LogP contribution is -2.14. The molecule has 0 aliphatic heterocycles. The topological polar surface area (TPSA) is 92.9 Å². The lowest BCUT2D eigenvalue weighted by atomic mass is 10.2. The molecule has 0 radical (unpaired) electrons. The van der Waals surface area contributed by atoms with Gasteiger partial charge in [0.25, 0.3) is 0 Å². The van der Waals surface area contributed by atoms with E-state index in [1.54, 1.807) is 30.6 Å². The van der Waals surface area contributed by atoms with Crippen molar-refractivity contribution in [3.63, 3.8) is 0 Å². The van der Waals surface area contributed by atoms with Crippen molar-refractivity contribution in [2.75, 3.05) is 11.1 Å². The van der Waals surface area contributed by atoms with Crippen LogP contribution in [0.2, 0.25) is 0 Å². The number of amides is 1. The fourth-order valence-electron chi connectivity index (χ4n) is 2.29. The smallest absolute Gasteiger partial charge is 0.234 e. The number of rotatable bonds is 6. The summed E-state index contributed by atoms with van der Waals surface area (Å²) in [7, 11) is 0. The Balaban J connectivity index is 1.68. The van der Waals surface area contributed by atoms with Gasteiger partial charge in [-0.25, -0.2) is 0 Å². The number of nitrogens with zero attached hydrogens (tertiary/aromatic N) is 4. The predicted molar refractivity (Wildman–Crippen MR) is 96.4 cm³/mol. The Hall–Kier alpha value is -2.87. The van der Waals surface area contributed by atoms with E-state index in [0.29, 0.717) is 17.4 Å². The Morgan fingerprint density at radius 2 is 1.96 bits per heavy atom. The van der Waals surface area contributed by atoms with E-state index in [2.05, 4.69) is 20.5 Å². The van der Waals surface area contributed by atoms with E-state index < -0.39 is 0 Å². The SMILES string of the molecule is CCn1c(SCC(=O)Nc2ccccc2O)nnc1-c1ccncc1. The highest BCUT2D eigenvalue weighted by Crippen LogP contribution is 2.25. The molecule has 2 N–H and O–H groups in total. The maximum absolute atomic E-state index is 12.1. The van der Waals surface area contributed by atoms with Gasteiger partial charge in [0.05, 0.1) is 11.4 Å². The van der Waals surface area contributed by atoms with E-state index in [1.165, 1.54) is 17.8 Å². The van der Waals surface area contributed by atoms with Crippen molar-refractivity contribution in [3.05, 3.63) is 48.8 Å². The fourth-order valence-corrected chi connectivity index (χ4v) is 3.09. The molecule has 0 aliphatic rings. The van der Waals surface area contributed by atoms with Gasteiger partial charge in [-0.05, 0) is 31.2 Å². The third kappa shape index (κ3) is 3.97. The van der Waals surface area contributed by atoms with Gasteiger partial charge >= 0.3 is 0 Å². The predicted octanol–water partition coefficient (Wildman–Crippen LogP) is 2.80. The Morgan fingerprint density at radius 3 is 2.68 bits per heavy atom. The summed E-state index contributed by atoms with van der Waals surface area (Å²) in [5, 5.41) is 21.5. The second kappa shape index (κ2) is 7.80. The van der Waals surface area contributed by atoms with Crippen LogP contribution in [0, 0.1) is 0 Å². The molecular weight excluding hydrogens is 338 g/mol. The van der Waals surface area contributed by atoms with Crippen LogP contribution in [0.1, 0.15) is 6.92 Å². The fraction of sp³-hybridized carbons (Fsp3) is 0.176.